The summed E-state index contributed by atoms with van der Waals surface area (Å²) >= 11 is 0. The Morgan fingerprint density at radius 3 is 2.67 bits per heavy atom. The van der Waals surface area contributed by atoms with Gasteiger partial charge in [0.15, 0.2) is 0 Å². The van der Waals surface area contributed by atoms with Crippen LogP contribution in [0.2, 0.25) is 0 Å². The smallest absolute Gasteiger partial charge is 0.228 e. The zero-order chi connectivity index (χ0) is 16.4. The van der Waals surface area contributed by atoms with Crippen LogP contribution in [0, 0.1) is 0 Å². The Kier molecular flexibility index (Phi) is 4.03. The number of fused-ring (bicyclic) bond motifs is 2. The summed E-state index contributed by atoms with van der Waals surface area (Å²) in [5.41, 5.74) is 3.82. The molecule has 1 aliphatic rings. The van der Waals surface area contributed by atoms with Crippen molar-refractivity contribution in [2.75, 3.05) is 23.3 Å². The molecule has 0 saturated heterocycles. The number of nitrogens with one attached hydrogen (secondary N) is 1. The number of benzene rings is 2. The van der Waals surface area contributed by atoms with Crippen molar-refractivity contribution in [3.63, 3.8) is 0 Å². The van der Waals surface area contributed by atoms with E-state index in [0.29, 0.717) is 0 Å². The van der Waals surface area contributed by atoms with E-state index in [0.717, 1.165) is 55.1 Å². The Bertz CT molecular complexity index is 859. The van der Waals surface area contributed by atoms with Gasteiger partial charge in [-0.15, -0.1) is 0 Å². The largest absolute Gasteiger partial charge is 0.369 e. The van der Waals surface area contributed by atoms with E-state index in [-0.39, 0.29) is 0 Å². The molecular weight excluding hydrogens is 296 g/mol. The molecule has 0 radical (unpaired) electrons. The Morgan fingerprint density at radius 2 is 1.79 bits per heavy atom. The normalized spacial score (nSPS) is 13.8. The molecule has 0 spiro atoms. The molecule has 0 fully saturated rings. The summed E-state index contributed by atoms with van der Waals surface area (Å²) in [7, 11) is 0. The molecule has 4 heteroatoms. The van der Waals surface area contributed by atoms with Gasteiger partial charge in [0.1, 0.15) is 5.82 Å². The SMILES string of the molecule is CCCNc1nc(N2CCc3ccccc3C2)nc2ccccc12. The lowest BCUT2D eigenvalue weighted by Gasteiger charge is -2.29. The van der Waals surface area contributed by atoms with Crippen LogP contribution in [0.1, 0.15) is 24.5 Å². The van der Waals surface area contributed by atoms with Crippen LogP contribution in [0.5, 0.6) is 0 Å². The van der Waals surface area contributed by atoms with Gasteiger partial charge in [0.05, 0.1) is 5.52 Å². The topological polar surface area (TPSA) is 41.1 Å². The molecule has 1 aromatic heterocycles. The maximum Gasteiger partial charge on any atom is 0.228 e. The Morgan fingerprint density at radius 1 is 1.00 bits per heavy atom. The summed E-state index contributed by atoms with van der Waals surface area (Å²) in [6.45, 7) is 4.92. The van der Waals surface area contributed by atoms with E-state index in [4.69, 9.17) is 9.97 Å². The number of hydrogen-bond acceptors (Lipinski definition) is 4. The lowest BCUT2D eigenvalue weighted by molar-refractivity contribution is 0.710. The molecule has 3 aromatic rings. The molecule has 0 amide bonds. The maximum atomic E-state index is 4.84. The quantitative estimate of drug-likeness (QED) is 0.789. The molecule has 4 nitrogen and oxygen atoms in total. The number of para-hydroxylation sites is 1. The number of nitrogens with zero attached hydrogens (tertiary/aromatic N) is 3. The Labute approximate surface area is 142 Å². The van der Waals surface area contributed by atoms with Crippen LogP contribution in [0.3, 0.4) is 0 Å². The van der Waals surface area contributed by atoms with Gasteiger partial charge in [0.2, 0.25) is 5.95 Å². The molecule has 0 aliphatic carbocycles. The van der Waals surface area contributed by atoms with Gasteiger partial charge in [0, 0.05) is 25.0 Å². The number of hydrogen-bond donors (Lipinski definition) is 1. The fraction of sp³-hybridized carbons (Fsp3) is 0.300. The van der Waals surface area contributed by atoms with E-state index in [1.165, 1.54) is 11.1 Å². The minimum atomic E-state index is 0.821. The molecule has 1 aliphatic heterocycles. The third-order valence-corrected chi connectivity index (χ3v) is 4.55. The molecule has 4 rings (SSSR count). The summed E-state index contributed by atoms with van der Waals surface area (Å²) in [5, 5.41) is 4.55. The van der Waals surface area contributed by atoms with Crippen LogP contribution < -0.4 is 10.2 Å². The maximum absolute atomic E-state index is 4.84. The second-order valence-electron chi connectivity index (χ2n) is 6.26. The van der Waals surface area contributed by atoms with Crippen LogP contribution in [0.4, 0.5) is 11.8 Å². The minimum Gasteiger partial charge on any atom is -0.369 e. The second-order valence-corrected chi connectivity index (χ2v) is 6.26. The molecule has 122 valence electrons. The van der Waals surface area contributed by atoms with Crippen molar-refractivity contribution >= 4 is 22.7 Å². The van der Waals surface area contributed by atoms with Gasteiger partial charge in [0.25, 0.3) is 0 Å². The van der Waals surface area contributed by atoms with Gasteiger partial charge in [-0.05, 0) is 36.1 Å². The first-order chi connectivity index (χ1) is 11.8. The highest BCUT2D eigenvalue weighted by molar-refractivity contribution is 5.90. The first-order valence-electron chi connectivity index (χ1n) is 8.67. The highest BCUT2D eigenvalue weighted by Gasteiger charge is 2.19. The van der Waals surface area contributed by atoms with Crippen LogP contribution in [0.25, 0.3) is 10.9 Å². The van der Waals surface area contributed by atoms with E-state index in [9.17, 15) is 0 Å². The highest BCUT2D eigenvalue weighted by atomic mass is 15.3. The van der Waals surface area contributed by atoms with Gasteiger partial charge in [-0.2, -0.15) is 4.98 Å². The van der Waals surface area contributed by atoms with Gasteiger partial charge in [-0.3, -0.25) is 0 Å². The second kappa shape index (κ2) is 6.48. The molecule has 2 aromatic carbocycles. The van der Waals surface area contributed by atoms with Crippen LogP contribution in [0.15, 0.2) is 48.5 Å². The first kappa shape index (κ1) is 14.9. The van der Waals surface area contributed by atoms with Crippen molar-refractivity contribution in [2.24, 2.45) is 0 Å². The lowest BCUT2D eigenvalue weighted by atomic mass is 10.0. The molecule has 1 N–H and O–H groups in total. The number of anilines is 2. The summed E-state index contributed by atoms with van der Waals surface area (Å²) in [6.07, 6.45) is 2.12. The van der Waals surface area contributed by atoms with Crippen LogP contribution >= 0.6 is 0 Å². The fourth-order valence-corrected chi connectivity index (χ4v) is 3.25. The zero-order valence-corrected chi connectivity index (χ0v) is 14.0. The molecular formula is C20H22N4. The monoisotopic (exact) mass is 318 g/mol. The van der Waals surface area contributed by atoms with Crippen molar-refractivity contribution < 1.29 is 0 Å². The minimum absolute atomic E-state index is 0.821. The van der Waals surface area contributed by atoms with Gasteiger partial charge in [-0.25, -0.2) is 4.98 Å². The van der Waals surface area contributed by atoms with Gasteiger partial charge < -0.3 is 10.2 Å². The third kappa shape index (κ3) is 2.80. The van der Waals surface area contributed by atoms with Crippen molar-refractivity contribution in [3.8, 4) is 0 Å². The third-order valence-electron chi connectivity index (χ3n) is 4.55. The van der Waals surface area contributed by atoms with Gasteiger partial charge >= 0.3 is 0 Å². The van der Waals surface area contributed by atoms with Gasteiger partial charge in [-0.1, -0.05) is 43.3 Å². The average molecular weight is 318 g/mol. The molecule has 0 atom stereocenters. The Hall–Kier alpha value is -2.62. The number of rotatable bonds is 4. The zero-order valence-electron chi connectivity index (χ0n) is 14.0. The molecule has 0 saturated carbocycles. The average Bonchev–Trinajstić information content (AvgIpc) is 2.65. The Balaban J connectivity index is 1.72. The van der Waals surface area contributed by atoms with Crippen molar-refractivity contribution in [1.29, 1.82) is 0 Å². The summed E-state index contributed by atoms with van der Waals surface area (Å²) in [4.78, 5) is 11.9. The van der Waals surface area contributed by atoms with E-state index >= 15 is 0 Å². The molecule has 2 heterocycles. The van der Waals surface area contributed by atoms with E-state index < -0.39 is 0 Å². The fourth-order valence-electron chi connectivity index (χ4n) is 3.25. The summed E-state index contributed by atoms with van der Waals surface area (Å²) < 4.78 is 0. The van der Waals surface area contributed by atoms with E-state index in [1.54, 1.807) is 0 Å². The van der Waals surface area contributed by atoms with E-state index in [1.807, 2.05) is 12.1 Å². The highest BCUT2D eigenvalue weighted by Crippen LogP contribution is 2.27. The van der Waals surface area contributed by atoms with Crippen molar-refractivity contribution in [2.45, 2.75) is 26.3 Å². The summed E-state index contributed by atoms with van der Waals surface area (Å²) in [5.74, 6) is 1.76. The van der Waals surface area contributed by atoms with Crippen LogP contribution in [-0.2, 0) is 13.0 Å². The lowest BCUT2D eigenvalue weighted by Crippen LogP contribution is -2.31. The molecule has 24 heavy (non-hydrogen) atoms. The van der Waals surface area contributed by atoms with Crippen LogP contribution in [-0.4, -0.2) is 23.1 Å². The summed E-state index contributed by atoms with van der Waals surface area (Å²) in [6, 6.07) is 16.9. The van der Waals surface area contributed by atoms with Crippen molar-refractivity contribution in [1.82, 2.24) is 9.97 Å². The first-order valence-corrected chi connectivity index (χ1v) is 8.67. The predicted molar refractivity (Wildman–Crippen MR) is 99.5 cm³/mol. The molecule has 0 bridgehead atoms. The predicted octanol–water partition coefficient (Wildman–Crippen LogP) is 4.01. The molecule has 0 unspecified atom stereocenters. The standard InChI is InChI=1S/C20H22N4/c1-2-12-21-19-17-9-5-6-10-18(17)22-20(23-19)24-13-11-15-7-3-4-8-16(15)14-24/h3-10H,2,11-14H2,1H3,(H,21,22,23). The van der Waals surface area contributed by atoms with E-state index in [2.05, 4.69) is 53.5 Å². The number of aromatic nitrogens is 2. The van der Waals surface area contributed by atoms with Crippen molar-refractivity contribution in [3.05, 3.63) is 59.7 Å².